The van der Waals surface area contributed by atoms with Gasteiger partial charge in [-0.05, 0) is 67.8 Å². The van der Waals surface area contributed by atoms with E-state index < -0.39 is 12.0 Å². The van der Waals surface area contributed by atoms with Gasteiger partial charge in [-0.15, -0.1) is 0 Å². The van der Waals surface area contributed by atoms with E-state index in [1.54, 1.807) is 27.3 Å². The molecule has 1 aliphatic rings. The molecule has 0 spiro atoms. The smallest absolute Gasteiger partial charge is 0.337 e. The number of anilines is 1. The van der Waals surface area contributed by atoms with Crippen LogP contribution in [0.2, 0.25) is 0 Å². The van der Waals surface area contributed by atoms with E-state index in [1.165, 1.54) is 7.11 Å². The molecule has 1 unspecified atom stereocenters. The molecule has 2 heterocycles. The quantitative estimate of drug-likeness (QED) is 0.293. The van der Waals surface area contributed by atoms with Gasteiger partial charge in [0.05, 0.1) is 18.4 Å². The maximum Gasteiger partial charge on any atom is 0.337 e. The molecule has 43 heavy (non-hydrogen) atoms. The van der Waals surface area contributed by atoms with E-state index in [-0.39, 0.29) is 17.6 Å². The number of methoxy groups -OCH3 is 1. The number of nitrogens with zero attached hydrogens (tertiary/aromatic N) is 4. The average Bonchev–Trinajstić information content (AvgIpc) is 3.41. The Bertz CT molecular complexity index is 1630. The second-order valence-electron chi connectivity index (χ2n) is 11.2. The Balaban J connectivity index is 1.28. The van der Waals surface area contributed by atoms with Crippen LogP contribution in [-0.4, -0.2) is 59.2 Å². The van der Waals surface area contributed by atoms with Gasteiger partial charge in [-0.2, -0.15) is 0 Å². The molecule has 9 heteroatoms. The number of ether oxygens (including phenoxy) is 1. The SMILES string of the molecule is COC(=O)c1cccc(CNC(=O)C(c2ccccc2)N2CCN(c3ccc(-n4ccn(C(C)C)c4=O)c(C)c3)CC2)c1. The lowest BCUT2D eigenvalue weighted by molar-refractivity contribution is -0.127. The molecule has 1 aromatic heterocycles. The van der Waals surface area contributed by atoms with Crippen molar-refractivity contribution in [2.24, 2.45) is 0 Å². The van der Waals surface area contributed by atoms with Gasteiger partial charge < -0.3 is 15.0 Å². The standard InChI is InChI=1S/C34H39N5O4/c1-24(2)38-19-20-39(34(38)42)30-14-13-29(21-25(30)3)36-15-17-37(18-16-36)31(27-10-6-5-7-11-27)32(40)35-23-26-9-8-12-28(22-26)33(41)43-4/h5-14,19-22,24,31H,15-18,23H2,1-4H3,(H,35,40). The third-order valence-electron chi connectivity index (χ3n) is 8.02. The summed E-state index contributed by atoms with van der Waals surface area (Å²) < 4.78 is 8.26. The number of aromatic nitrogens is 2. The predicted molar refractivity (Wildman–Crippen MR) is 168 cm³/mol. The number of piperazine rings is 1. The van der Waals surface area contributed by atoms with Crippen LogP contribution in [0.4, 0.5) is 5.69 Å². The van der Waals surface area contributed by atoms with E-state index in [1.807, 2.05) is 75.6 Å². The monoisotopic (exact) mass is 581 g/mol. The van der Waals surface area contributed by atoms with Crippen molar-refractivity contribution >= 4 is 17.6 Å². The van der Waals surface area contributed by atoms with Gasteiger partial charge in [0.2, 0.25) is 5.91 Å². The molecular weight excluding hydrogens is 542 g/mol. The van der Waals surface area contributed by atoms with Crippen molar-refractivity contribution in [3.63, 3.8) is 0 Å². The number of esters is 1. The zero-order valence-electron chi connectivity index (χ0n) is 25.2. The van der Waals surface area contributed by atoms with Crippen LogP contribution in [0, 0.1) is 6.92 Å². The molecule has 1 N–H and O–H groups in total. The summed E-state index contributed by atoms with van der Waals surface area (Å²) >= 11 is 0. The number of hydrogen-bond acceptors (Lipinski definition) is 6. The van der Waals surface area contributed by atoms with Crippen LogP contribution in [0.3, 0.4) is 0 Å². The van der Waals surface area contributed by atoms with Gasteiger partial charge in [0, 0.05) is 56.8 Å². The molecule has 0 bridgehead atoms. The minimum absolute atomic E-state index is 0.0409. The van der Waals surface area contributed by atoms with E-state index in [0.29, 0.717) is 25.2 Å². The minimum atomic E-state index is -0.437. The maximum atomic E-state index is 13.6. The Kier molecular flexibility index (Phi) is 9.11. The van der Waals surface area contributed by atoms with Crippen molar-refractivity contribution < 1.29 is 14.3 Å². The molecule has 5 rings (SSSR count). The van der Waals surface area contributed by atoms with Crippen LogP contribution >= 0.6 is 0 Å². The number of hydrogen-bond donors (Lipinski definition) is 1. The Labute approximate surface area is 252 Å². The number of aryl methyl sites for hydroxylation is 1. The summed E-state index contributed by atoms with van der Waals surface area (Å²) in [5.74, 6) is -0.487. The van der Waals surface area contributed by atoms with Crippen molar-refractivity contribution in [1.29, 1.82) is 0 Å². The van der Waals surface area contributed by atoms with Crippen LogP contribution in [0.1, 0.15) is 53.0 Å². The number of imidazole rings is 1. The zero-order valence-corrected chi connectivity index (χ0v) is 25.2. The number of carbonyl (C=O) groups excluding carboxylic acids is 2. The summed E-state index contributed by atoms with van der Waals surface area (Å²) in [4.78, 5) is 43.0. The van der Waals surface area contributed by atoms with Crippen LogP contribution in [0.25, 0.3) is 5.69 Å². The molecule has 4 aromatic rings. The summed E-state index contributed by atoms with van der Waals surface area (Å²) in [5, 5.41) is 3.09. The van der Waals surface area contributed by atoms with Gasteiger partial charge in [0.15, 0.2) is 0 Å². The van der Waals surface area contributed by atoms with Crippen LogP contribution in [-0.2, 0) is 16.1 Å². The third-order valence-corrected chi connectivity index (χ3v) is 8.02. The maximum absolute atomic E-state index is 13.6. The lowest BCUT2D eigenvalue weighted by atomic mass is 10.0. The van der Waals surface area contributed by atoms with Gasteiger partial charge >= 0.3 is 11.7 Å². The Hall–Kier alpha value is -4.63. The average molecular weight is 582 g/mol. The second kappa shape index (κ2) is 13.1. The number of rotatable bonds is 9. The molecule has 0 aliphatic carbocycles. The minimum Gasteiger partial charge on any atom is -0.465 e. The largest absolute Gasteiger partial charge is 0.465 e. The van der Waals surface area contributed by atoms with Crippen molar-refractivity contribution in [2.75, 3.05) is 38.2 Å². The van der Waals surface area contributed by atoms with E-state index in [4.69, 9.17) is 4.74 Å². The fourth-order valence-corrected chi connectivity index (χ4v) is 5.69. The van der Waals surface area contributed by atoms with Crippen LogP contribution in [0.15, 0.2) is 90.0 Å². The van der Waals surface area contributed by atoms with Crippen molar-refractivity contribution in [3.05, 3.63) is 118 Å². The number of carbonyl (C=O) groups is 2. The lowest BCUT2D eigenvalue weighted by Crippen LogP contribution is -2.51. The second-order valence-corrected chi connectivity index (χ2v) is 11.2. The molecule has 1 atom stereocenters. The summed E-state index contributed by atoms with van der Waals surface area (Å²) in [6.45, 7) is 9.29. The topological polar surface area (TPSA) is 88.8 Å². The fourth-order valence-electron chi connectivity index (χ4n) is 5.69. The summed E-state index contributed by atoms with van der Waals surface area (Å²) in [6, 6.07) is 22.8. The predicted octanol–water partition coefficient (Wildman–Crippen LogP) is 4.49. The Morgan fingerprint density at radius 2 is 1.65 bits per heavy atom. The van der Waals surface area contributed by atoms with Gasteiger partial charge in [-0.25, -0.2) is 9.59 Å². The highest BCUT2D eigenvalue weighted by Gasteiger charge is 2.30. The van der Waals surface area contributed by atoms with E-state index in [2.05, 4.69) is 27.2 Å². The Morgan fingerprint density at radius 1 is 0.907 bits per heavy atom. The van der Waals surface area contributed by atoms with E-state index in [0.717, 1.165) is 41.2 Å². The zero-order chi connectivity index (χ0) is 30.5. The van der Waals surface area contributed by atoms with Crippen molar-refractivity contribution in [1.82, 2.24) is 19.4 Å². The number of amides is 1. The highest BCUT2D eigenvalue weighted by molar-refractivity contribution is 5.89. The highest BCUT2D eigenvalue weighted by Crippen LogP contribution is 2.27. The van der Waals surface area contributed by atoms with E-state index >= 15 is 0 Å². The normalized spacial score (nSPS) is 14.5. The molecular formula is C34H39N5O4. The molecule has 1 amide bonds. The highest BCUT2D eigenvalue weighted by atomic mass is 16.5. The molecule has 3 aromatic carbocycles. The molecule has 0 saturated carbocycles. The first-order valence-electron chi connectivity index (χ1n) is 14.7. The first-order chi connectivity index (χ1) is 20.8. The van der Waals surface area contributed by atoms with Crippen molar-refractivity contribution in [2.45, 2.75) is 39.4 Å². The van der Waals surface area contributed by atoms with Crippen LogP contribution < -0.4 is 15.9 Å². The summed E-state index contributed by atoms with van der Waals surface area (Å²) in [5.41, 5.74) is 5.19. The first kappa shape index (κ1) is 29.8. The summed E-state index contributed by atoms with van der Waals surface area (Å²) in [7, 11) is 1.35. The fraction of sp³-hybridized carbons (Fsp3) is 0.324. The number of nitrogens with one attached hydrogen (secondary N) is 1. The molecule has 0 radical (unpaired) electrons. The summed E-state index contributed by atoms with van der Waals surface area (Å²) in [6.07, 6.45) is 3.66. The molecule has 1 saturated heterocycles. The molecule has 9 nitrogen and oxygen atoms in total. The van der Waals surface area contributed by atoms with Crippen LogP contribution in [0.5, 0.6) is 0 Å². The molecule has 1 aliphatic heterocycles. The molecule has 1 fully saturated rings. The first-order valence-corrected chi connectivity index (χ1v) is 14.7. The lowest BCUT2D eigenvalue weighted by Gasteiger charge is -2.40. The third kappa shape index (κ3) is 6.57. The van der Waals surface area contributed by atoms with Gasteiger partial charge in [0.25, 0.3) is 0 Å². The van der Waals surface area contributed by atoms with Gasteiger partial charge in [-0.1, -0.05) is 42.5 Å². The Morgan fingerprint density at radius 3 is 2.30 bits per heavy atom. The number of benzene rings is 3. The van der Waals surface area contributed by atoms with E-state index in [9.17, 15) is 14.4 Å². The van der Waals surface area contributed by atoms with Crippen molar-refractivity contribution in [3.8, 4) is 5.69 Å². The molecule has 224 valence electrons. The van der Waals surface area contributed by atoms with Gasteiger partial charge in [0.1, 0.15) is 6.04 Å². The van der Waals surface area contributed by atoms with Gasteiger partial charge in [-0.3, -0.25) is 18.8 Å².